The highest BCUT2D eigenvalue weighted by atomic mass is 16.5. The molecule has 5 rings (SSSR count). The van der Waals surface area contributed by atoms with E-state index >= 15 is 0 Å². The lowest BCUT2D eigenvalue weighted by Gasteiger charge is -2.36. The summed E-state index contributed by atoms with van der Waals surface area (Å²) in [5.74, 6) is -0.690. The SMILES string of the molecule is COC(=O)c1ccc2c(c1)NC(=O)/C2=C(\Nc1ccc(C(=O)C2NCCN(C)[C@H]2C)cc1)c1ccccc1. The number of amides is 1. The van der Waals surface area contributed by atoms with Crippen LogP contribution in [-0.4, -0.2) is 61.9 Å². The van der Waals surface area contributed by atoms with Crippen molar-refractivity contribution in [2.75, 3.05) is 37.9 Å². The number of esters is 1. The zero-order chi connectivity index (χ0) is 26.8. The fraction of sp³-hybridized carbons (Fsp3) is 0.233. The highest BCUT2D eigenvalue weighted by Crippen LogP contribution is 2.38. The van der Waals surface area contributed by atoms with Crippen molar-refractivity contribution in [1.29, 1.82) is 0 Å². The van der Waals surface area contributed by atoms with Gasteiger partial charge in [0.15, 0.2) is 5.78 Å². The van der Waals surface area contributed by atoms with Crippen LogP contribution in [0.5, 0.6) is 0 Å². The number of nitrogens with one attached hydrogen (secondary N) is 3. The minimum atomic E-state index is -0.472. The number of ether oxygens (including phenoxy) is 1. The standard InChI is InChI=1S/C30H30N4O4/c1-18-26(31-15-16-34(18)2)28(35)20-9-12-22(13-10-20)32-27(19-7-5-4-6-8-19)25-23-14-11-21(30(37)38-3)17-24(23)33-29(25)36/h4-14,17-18,26,31-32H,15-16H2,1-3H3,(H,33,36)/b27-25-/t18-,26?/m0/s1. The highest BCUT2D eigenvalue weighted by Gasteiger charge is 2.32. The lowest BCUT2D eigenvalue weighted by molar-refractivity contribution is -0.110. The highest BCUT2D eigenvalue weighted by molar-refractivity contribution is 6.37. The Morgan fingerprint density at radius 2 is 1.68 bits per heavy atom. The predicted molar refractivity (Wildman–Crippen MR) is 148 cm³/mol. The Kier molecular flexibility index (Phi) is 7.09. The normalized spacial score (nSPS) is 20.3. The van der Waals surface area contributed by atoms with Crippen molar-refractivity contribution in [1.82, 2.24) is 10.2 Å². The molecule has 2 heterocycles. The Bertz CT molecular complexity index is 1420. The first-order valence-electron chi connectivity index (χ1n) is 12.6. The summed E-state index contributed by atoms with van der Waals surface area (Å²) in [6.45, 7) is 3.74. The minimum absolute atomic E-state index is 0.0581. The molecule has 2 aliphatic rings. The lowest BCUT2D eigenvalue weighted by Crippen LogP contribution is -2.58. The van der Waals surface area contributed by atoms with E-state index in [0.717, 1.165) is 24.3 Å². The number of Topliss-reactive ketones (excluding diaryl/α,β-unsaturated/α-hetero) is 1. The number of rotatable bonds is 6. The van der Waals surface area contributed by atoms with Crippen LogP contribution in [0.1, 0.15) is 38.8 Å². The van der Waals surface area contributed by atoms with Crippen LogP contribution in [-0.2, 0) is 9.53 Å². The lowest BCUT2D eigenvalue weighted by atomic mass is 9.96. The molecule has 2 atom stereocenters. The Morgan fingerprint density at radius 1 is 0.974 bits per heavy atom. The maximum atomic E-state index is 13.2. The molecular formula is C30H30N4O4. The first-order chi connectivity index (χ1) is 18.4. The molecule has 1 amide bonds. The topological polar surface area (TPSA) is 99.8 Å². The van der Waals surface area contributed by atoms with Crippen LogP contribution in [0.4, 0.5) is 11.4 Å². The van der Waals surface area contributed by atoms with Crippen molar-refractivity contribution >= 4 is 40.3 Å². The first-order valence-corrected chi connectivity index (χ1v) is 12.6. The Morgan fingerprint density at radius 3 is 2.39 bits per heavy atom. The van der Waals surface area contributed by atoms with Crippen molar-refractivity contribution < 1.29 is 19.1 Å². The van der Waals surface area contributed by atoms with E-state index in [1.807, 2.05) is 61.6 Å². The van der Waals surface area contributed by atoms with Gasteiger partial charge in [-0.25, -0.2) is 4.79 Å². The third kappa shape index (κ3) is 4.83. The summed E-state index contributed by atoms with van der Waals surface area (Å²) in [5.41, 5.74) is 4.86. The number of ketones is 1. The molecular weight excluding hydrogens is 480 g/mol. The quantitative estimate of drug-likeness (QED) is 0.263. The molecule has 1 unspecified atom stereocenters. The molecule has 1 fully saturated rings. The molecule has 8 nitrogen and oxygen atoms in total. The van der Waals surface area contributed by atoms with E-state index in [-0.39, 0.29) is 23.8 Å². The second kappa shape index (κ2) is 10.6. The summed E-state index contributed by atoms with van der Waals surface area (Å²) in [7, 11) is 3.35. The molecule has 194 valence electrons. The van der Waals surface area contributed by atoms with Gasteiger partial charge >= 0.3 is 5.97 Å². The molecule has 3 aromatic rings. The number of likely N-dealkylation sites (N-methyl/N-ethyl adjacent to an activating group) is 1. The van der Waals surface area contributed by atoms with Gasteiger partial charge in [-0.3, -0.25) is 9.59 Å². The summed E-state index contributed by atoms with van der Waals surface area (Å²) < 4.78 is 4.82. The van der Waals surface area contributed by atoms with Gasteiger partial charge in [-0.05, 0) is 55.9 Å². The summed E-state index contributed by atoms with van der Waals surface area (Å²) in [5, 5.41) is 9.63. The number of anilines is 2. The Labute approximate surface area is 221 Å². The van der Waals surface area contributed by atoms with E-state index in [2.05, 4.69) is 27.8 Å². The summed E-state index contributed by atoms with van der Waals surface area (Å²) >= 11 is 0. The first kappa shape index (κ1) is 25.4. The van der Waals surface area contributed by atoms with Crippen molar-refractivity contribution in [2.24, 2.45) is 0 Å². The molecule has 0 aromatic heterocycles. The third-order valence-corrected chi connectivity index (χ3v) is 7.23. The number of methoxy groups -OCH3 is 1. The molecule has 2 aliphatic heterocycles. The largest absolute Gasteiger partial charge is 0.465 e. The molecule has 0 aliphatic carbocycles. The molecule has 8 heteroatoms. The molecule has 0 saturated carbocycles. The van der Waals surface area contributed by atoms with Gasteiger partial charge in [0.25, 0.3) is 5.91 Å². The van der Waals surface area contributed by atoms with E-state index in [9.17, 15) is 14.4 Å². The van der Waals surface area contributed by atoms with E-state index in [1.165, 1.54) is 7.11 Å². The fourth-order valence-corrected chi connectivity index (χ4v) is 4.93. The van der Waals surface area contributed by atoms with Crippen LogP contribution in [0.2, 0.25) is 0 Å². The van der Waals surface area contributed by atoms with Gasteiger partial charge in [0.05, 0.1) is 35.7 Å². The smallest absolute Gasteiger partial charge is 0.337 e. The summed E-state index contributed by atoms with van der Waals surface area (Å²) in [6, 6.07) is 21.7. The van der Waals surface area contributed by atoms with Gasteiger partial charge < -0.3 is 25.6 Å². The molecule has 0 bridgehead atoms. The molecule has 3 aromatic carbocycles. The molecule has 1 saturated heterocycles. The van der Waals surface area contributed by atoms with E-state index < -0.39 is 5.97 Å². The number of nitrogens with zero attached hydrogens (tertiary/aromatic N) is 1. The Balaban J connectivity index is 1.48. The number of hydrogen-bond acceptors (Lipinski definition) is 7. The number of fused-ring (bicyclic) bond motifs is 1. The van der Waals surface area contributed by atoms with E-state index in [4.69, 9.17) is 4.74 Å². The van der Waals surface area contributed by atoms with Gasteiger partial charge in [-0.2, -0.15) is 0 Å². The molecule has 38 heavy (non-hydrogen) atoms. The van der Waals surface area contributed by atoms with Crippen LogP contribution in [0.25, 0.3) is 11.3 Å². The van der Waals surface area contributed by atoms with E-state index in [0.29, 0.717) is 33.6 Å². The third-order valence-electron chi connectivity index (χ3n) is 7.23. The van der Waals surface area contributed by atoms with Gasteiger partial charge in [0.1, 0.15) is 0 Å². The maximum Gasteiger partial charge on any atom is 0.337 e. The second-order valence-electron chi connectivity index (χ2n) is 9.54. The van der Waals surface area contributed by atoms with Crippen LogP contribution < -0.4 is 16.0 Å². The van der Waals surface area contributed by atoms with Crippen molar-refractivity contribution in [2.45, 2.75) is 19.0 Å². The zero-order valence-electron chi connectivity index (χ0n) is 21.6. The van der Waals surface area contributed by atoms with Crippen molar-refractivity contribution in [3.05, 3.63) is 95.1 Å². The van der Waals surface area contributed by atoms with Gasteiger partial charge in [0, 0.05) is 35.9 Å². The maximum absolute atomic E-state index is 13.2. The van der Waals surface area contributed by atoms with Crippen LogP contribution in [0.15, 0.2) is 72.8 Å². The number of piperazine rings is 1. The molecule has 3 N–H and O–H groups in total. The van der Waals surface area contributed by atoms with Gasteiger partial charge in [-0.15, -0.1) is 0 Å². The Hall–Kier alpha value is -4.27. The van der Waals surface area contributed by atoms with Crippen molar-refractivity contribution in [3.8, 4) is 0 Å². The summed E-state index contributed by atoms with van der Waals surface area (Å²) in [6.07, 6.45) is 0. The van der Waals surface area contributed by atoms with Crippen molar-refractivity contribution in [3.63, 3.8) is 0 Å². The predicted octanol–water partition coefficient (Wildman–Crippen LogP) is 3.88. The van der Waals surface area contributed by atoms with Crippen LogP contribution >= 0.6 is 0 Å². The molecule has 0 spiro atoms. The summed E-state index contributed by atoms with van der Waals surface area (Å²) in [4.78, 5) is 40.6. The average molecular weight is 511 g/mol. The number of carbonyl (C=O) groups is 3. The number of carbonyl (C=O) groups excluding carboxylic acids is 3. The fourth-order valence-electron chi connectivity index (χ4n) is 4.93. The van der Waals surface area contributed by atoms with E-state index in [1.54, 1.807) is 18.2 Å². The molecule has 0 radical (unpaired) electrons. The van der Waals surface area contributed by atoms with Gasteiger partial charge in [0.2, 0.25) is 0 Å². The monoisotopic (exact) mass is 510 g/mol. The van der Waals surface area contributed by atoms with Crippen LogP contribution in [0, 0.1) is 0 Å². The number of benzene rings is 3. The second-order valence-corrected chi connectivity index (χ2v) is 9.54. The van der Waals surface area contributed by atoms with Crippen LogP contribution in [0.3, 0.4) is 0 Å². The zero-order valence-corrected chi connectivity index (χ0v) is 21.6. The average Bonchev–Trinajstić information content (AvgIpc) is 3.27. The van der Waals surface area contributed by atoms with Gasteiger partial charge in [-0.1, -0.05) is 36.4 Å². The number of hydrogen-bond donors (Lipinski definition) is 3. The minimum Gasteiger partial charge on any atom is -0.465 e.